The largest absolute Gasteiger partial charge is 0.493 e. The van der Waals surface area contributed by atoms with Crippen LogP contribution in [-0.4, -0.2) is 36.8 Å². The number of methoxy groups -OCH3 is 1. The Kier molecular flexibility index (Phi) is 5.53. The number of carbonyl (C=O) groups excluding carboxylic acids is 1. The third-order valence-corrected chi connectivity index (χ3v) is 4.11. The molecule has 3 N–H and O–H groups in total. The molecule has 2 aromatic rings. The maximum atomic E-state index is 12.0. The topological polar surface area (TPSA) is 79.8 Å². The van der Waals surface area contributed by atoms with Gasteiger partial charge in [-0.05, 0) is 36.2 Å². The zero-order chi connectivity index (χ0) is 17.6. The molecule has 0 aliphatic carbocycles. The normalized spacial score (nSPS) is 19.4. The van der Waals surface area contributed by atoms with Gasteiger partial charge in [-0.1, -0.05) is 24.3 Å². The molecule has 6 nitrogen and oxygen atoms in total. The van der Waals surface area contributed by atoms with Crippen molar-refractivity contribution in [1.29, 1.82) is 0 Å². The molecule has 132 valence electrons. The second-order valence-electron chi connectivity index (χ2n) is 5.97. The first-order valence-corrected chi connectivity index (χ1v) is 8.24. The van der Waals surface area contributed by atoms with Crippen molar-refractivity contribution in [2.24, 2.45) is 0 Å². The van der Waals surface area contributed by atoms with Crippen LogP contribution in [0.15, 0.2) is 48.5 Å². The summed E-state index contributed by atoms with van der Waals surface area (Å²) in [5, 5.41) is 15.3. The third-order valence-electron chi connectivity index (χ3n) is 4.11. The Hall–Kier alpha value is -2.57. The number of amides is 1. The van der Waals surface area contributed by atoms with Crippen LogP contribution < -0.4 is 20.1 Å². The highest BCUT2D eigenvalue weighted by molar-refractivity contribution is 5.82. The van der Waals surface area contributed by atoms with Crippen molar-refractivity contribution in [2.75, 3.05) is 13.7 Å². The molecule has 1 amide bonds. The van der Waals surface area contributed by atoms with E-state index in [1.807, 2.05) is 48.5 Å². The van der Waals surface area contributed by atoms with Crippen molar-refractivity contribution in [3.05, 3.63) is 54.1 Å². The highest BCUT2D eigenvalue weighted by Gasteiger charge is 2.27. The summed E-state index contributed by atoms with van der Waals surface area (Å²) in [6.07, 6.45) is 0.0134. The van der Waals surface area contributed by atoms with Gasteiger partial charge in [-0.2, -0.15) is 0 Å². The van der Waals surface area contributed by atoms with Crippen molar-refractivity contribution >= 4 is 5.91 Å². The van der Waals surface area contributed by atoms with Crippen molar-refractivity contribution in [2.45, 2.75) is 25.1 Å². The summed E-state index contributed by atoms with van der Waals surface area (Å²) in [5.41, 5.74) is 0.972. The molecular formula is C19H22N2O4. The van der Waals surface area contributed by atoms with Crippen LogP contribution in [0, 0.1) is 0 Å². The Morgan fingerprint density at radius 1 is 1.20 bits per heavy atom. The standard InChI is InChI=1S/C19H22N2O4/c1-24-17-4-2-3-5-18(17)25-15-8-6-13(7-9-15)11-21-19(23)16-10-14(22)12-20-16/h2-9,14,16,20,22H,10-12H2,1H3,(H,21,23)/t14-,16-/m0/s1. The fourth-order valence-corrected chi connectivity index (χ4v) is 2.73. The minimum Gasteiger partial charge on any atom is -0.493 e. The Labute approximate surface area is 146 Å². The predicted octanol–water partition coefficient (Wildman–Crippen LogP) is 1.83. The maximum Gasteiger partial charge on any atom is 0.237 e. The summed E-state index contributed by atoms with van der Waals surface area (Å²) in [5.74, 6) is 1.92. The zero-order valence-electron chi connectivity index (χ0n) is 14.1. The van der Waals surface area contributed by atoms with Crippen LogP contribution in [0.1, 0.15) is 12.0 Å². The lowest BCUT2D eigenvalue weighted by Gasteiger charge is -2.12. The number of aliphatic hydroxyl groups is 1. The number of nitrogens with one attached hydrogen (secondary N) is 2. The lowest BCUT2D eigenvalue weighted by Crippen LogP contribution is -2.39. The molecule has 0 saturated carbocycles. The molecule has 0 aromatic heterocycles. The quantitative estimate of drug-likeness (QED) is 0.746. The molecule has 1 aliphatic heterocycles. The van der Waals surface area contributed by atoms with Crippen LogP contribution in [0.3, 0.4) is 0 Å². The van der Waals surface area contributed by atoms with E-state index in [0.29, 0.717) is 36.8 Å². The van der Waals surface area contributed by atoms with Crippen molar-refractivity contribution in [3.8, 4) is 17.2 Å². The van der Waals surface area contributed by atoms with Crippen LogP contribution in [0.25, 0.3) is 0 Å². The fourth-order valence-electron chi connectivity index (χ4n) is 2.73. The van der Waals surface area contributed by atoms with E-state index in [0.717, 1.165) is 5.56 Å². The van der Waals surface area contributed by atoms with Gasteiger partial charge in [0, 0.05) is 13.1 Å². The Bertz CT molecular complexity index is 718. The van der Waals surface area contributed by atoms with Gasteiger partial charge < -0.3 is 25.2 Å². The first kappa shape index (κ1) is 17.3. The zero-order valence-corrected chi connectivity index (χ0v) is 14.1. The van der Waals surface area contributed by atoms with Gasteiger partial charge in [0.15, 0.2) is 11.5 Å². The van der Waals surface area contributed by atoms with Gasteiger partial charge in [0.25, 0.3) is 0 Å². The molecule has 2 atom stereocenters. The number of hydrogen-bond acceptors (Lipinski definition) is 5. The number of ether oxygens (including phenoxy) is 2. The lowest BCUT2D eigenvalue weighted by molar-refractivity contribution is -0.123. The average molecular weight is 342 g/mol. The van der Waals surface area contributed by atoms with Crippen LogP contribution in [-0.2, 0) is 11.3 Å². The van der Waals surface area contributed by atoms with Gasteiger partial charge in [0.1, 0.15) is 5.75 Å². The number of carbonyl (C=O) groups is 1. The summed E-state index contributed by atoms with van der Waals surface area (Å²) in [7, 11) is 1.60. The number of benzene rings is 2. The smallest absolute Gasteiger partial charge is 0.237 e. The molecule has 6 heteroatoms. The second kappa shape index (κ2) is 8.00. The first-order valence-electron chi connectivity index (χ1n) is 8.24. The van der Waals surface area contributed by atoms with Gasteiger partial charge in [-0.15, -0.1) is 0 Å². The fraction of sp³-hybridized carbons (Fsp3) is 0.316. The van der Waals surface area contributed by atoms with E-state index < -0.39 is 6.10 Å². The van der Waals surface area contributed by atoms with Gasteiger partial charge in [0.2, 0.25) is 5.91 Å². The summed E-state index contributed by atoms with van der Waals surface area (Å²) in [6.45, 7) is 0.898. The van der Waals surface area contributed by atoms with Crippen molar-refractivity contribution in [3.63, 3.8) is 0 Å². The number of aliphatic hydroxyl groups excluding tert-OH is 1. The third kappa shape index (κ3) is 4.49. The molecule has 0 unspecified atom stereocenters. The SMILES string of the molecule is COc1ccccc1Oc1ccc(CNC(=O)[C@@H]2C[C@H](O)CN2)cc1. The highest BCUT2D eigenvalue weighted by atomic mass is 16.5. The van der Waals surface area contributed by atoms with Crippen LogP contribution in [0.2, 0.25) is 0 Å². The Morgan fingerprint density at radius 2 is 1.92 bits per heavy atom. The van der Waals surface area contributed by atoms with Gasteiger partial charge >= 0.3 is 0 Å². The monoisotopic (exact) mass is 342 g/mol. The van der Waals surface area contributed by atoms with Crippen molar-refractivity contribution < 1.29 is 19.4 Å². The number of para-hydroxylation sites is 2. The Balaban J connectivity index is 1.54. The van der Waals surface area contributed by atoms with Crippen LogP contribution >= 0.6 is 0 Å². The average Bonchev–Trinajstić information content (AvgIpc) is 3.08. The van der Waals surface area contributed by atoms with E-state index in [9.17, 15) is 9.90 Å². The predicted molar refractivity (Wildman–Crippen MR) is 93.8 cm³/mol. The molecule has 1 aliphatic rings. The van der Waals surface area contributed by atoms with Crippen molar-refractivity contribution in [1.82, 2.24) is 10.6 Å². The van der Waals surface area contributed by atoms with E-state index in [1.165, 1.54) is 0 Å². The van der Waals surface area contributed by atoms with E-state index in [1.54, 1.807) is 7.11 Å². The summed E-state index contributed by atoms with van der Waals surface area (Å²) in [6, 6.07) is 14.7. The Morgan fingerprint density at radius 3 is 2.56 bits per heavy atom. The molecule has 2 aromatic carbocycles. The van der Waals surface area contributed by atoms with Crippen LogP contribution in [0.4, 0.5) is 0 Å². The molecule has 0 bridgehead atoms. The lowest BCUT2D eigenvalue weighted by atomic mass is 10.1. The molecule has 25 heavy (non-hydrogen) atoms. The number of β-amino-alcohol motifs (C(OH)–C–C–N with tert-alkyl or cyclic N) is 1. The summed E-state index contributed by atoms with van der Waals surface area (Å²) >= 11 is 0. The van der Waals surface area contributed by atoms with Gasteiger partial charge in [-0.3, -0.25) is 4.79 Å². The summed E-state index contributed by atoms with van der Waals surface area (Å²) in [4.78, 5) is 12.0. The first-order chi connectivity index (χ1) is 12.2. The maximum absolute atomic E-state index is 12.0. The van der Waals surface area contributed by atoms with Gasteiger partial charge in [0.05, 0.1) is 19.3 Å². The van der Waals surface area contributed by atoms with Crippen LogP contribution in [0.5, 0.6) is 17.2 Å². The molecule has 3 rings (SSSR count). The highest BCUT2D eigenvalue weighted by Crippen LogP contribution is 2.30. The summed E-state index contributed by atoms with van der Waals surface area (Å²) < 4.78 is 11.1. The molecule has 0 radical (unpaired) electrons. The van der Waals surface area contributed by atoms with E-state index >= 15 is 0 Å². The molecule has 1 saturated heterocycles. The second-order valence-corrected chi connectivity index (χ2v) is 5.97. The van der Waals surface area contributed by atoms with E-state index in [4.69, 9.17) is 9.47 Å². The minimum absolute atomic E-state index is 0.0918. The molecule has 0 spiro atoms. The molecular weight excluding hydrogens is 320 g/mol. The number of rotatable bonds is 6. The van der Waals surface area contributed by atoms with E-state index in [-0.39, 0.29) is 11.9 Å². The molecule has 1 fully saturated rings. The van der Waals surface area contributed by atoms with E-state index in [2.05, 4.69) is 10.6 Å². The minimum atomic E-state index is -0.442. The van der Waals surface area contributed by atoms with Gasteiger partial charge in [-0.25, -0.2) is 0 Å². The molecule has 1 heterocycles. The number of hydrogen-bond donors (Lipinski definition) is 3.